The van der Waals surface area contributed by atoms with Crippen LogP contribution < -0.4 is 19.5 Å². The Hall–Kier alpha value is -2.40. The summed E-state index contributed by atoms with van der Waals surface area (Å²) in [6.45, 7) is 4.14. The Balaban J connectivity index is 1.66. The van der Waals surface area contributed by atoms with Crippen molar-refractivity contribution in [1.29, 1.82) is 0 Å². The van der Waals surface area contributed by atoms with Crippen molar-refractivity contribution in [1.82, 2.24) is 5.32 Å². The highest BCUT2D eigenvalue weighted by molar-refractivity contribution is 6.32. The fourth-order valence-corrected chi connectivity index (χ4v) is 3.46. The molecule has 6 heteroatoms. The molecular formula is C24H25Cl2NO3. The Labute approximate surface area is 187 Å². The van der Waals surface area contributed by atoms with Crippen LogP contribution in [0.1, 0.15) is 23.6 Å². The Bertz CT molecular complexity index is 961. The molecule has 0 saturated carbocycles. The van der Waals surface area contributed by atoms with Crippen LogP contribution in [0.4, 0.5) is 0 Å². The maximum atomic E-state index is 6.53. The monoisotopic (exact) mass is 445 g/mol. The fraction of sp³-hybridized carbons (Fsp3) is 0.250. The molecule has 0 spiro atoms. The van der Waals surface area contributed by atoms with E-state index >= 15 is 0 Å². The lowest BCUT2D eigenvalue weighted by Gasteiger charge is -2.16. The largest absolute Gasteiger partial charge is 0.497 e. The number of benzene rings is 3. The van der Waals surface area contributed by atoms with Gasteiger partial charge < -0.3 is 19.5 Å². The quantitative estimate of drug-likeness (QED) is 0.399. The van der Waals surface area contributed by atoms with E-state index in [1.54, 1.807) is 7.11 Å². The second kappa shape index (κ2) is 11.1. The van der Waals surface area contributed by atoms with E-state index in [1.807, 2.05) is 67.6 Å². The first-order chi connectivity index (χ1) is 14.6. The fourth-order valence-electron chi connectivity index (χ4n) is 2.99. The molecule has 3 rings (SSSR count). The molecule has 0 radical (unpaired) electrons. The molecular weight excluding hydrogens is 421 g/mol. The van der Waals surface area contributed by atoms with E-state index in [1.165, 1.54) is 5.56 Å². The summed E-state index contributed by atoms with van der Waals surface area (Å²) in [6, 6.07) is 19.4. The van der Waals surface area contributed by atoms with Gasteiger partial charge in [-0.3, -0.25) is 0 Å². The van der Waals surface area contributed by atoms with Crippen LogP contribution in [0, 0.1) is 0 Å². The first kappa shape index (κ1) is 22.3. The van der Waals surface area contributed by atoms with Crippen LogP contribution in [0.15, 0.2) is 60.7 Å². The minimum absolute atomic E-state index is 0.314. The molecule has 0 fully saturated rings. The zero-order chi connectivity index (χ0) is 21.3. The van der Waals surface area contributed by atoms with Crippen molar-refractivity contribution >= 4 is 23.2 Å². The zero-order valence-electron chi connectivity index (χ0n) is 17.1. The number of rotatable bonds is 10. The Kier molecular flexibility index (Phi) is 8.26. The second-order valence-corrected chi connectivity index (χ2v) is 7.48. The molecule has 0 amide bonds. The van der Waals surface area contributed by atoms with Crippen molar-refractivity contribution in [3.8, 4) is 17.2 Å². The van der Waals surface area contributed by atoms with Gasteiger partial charge in [-0.1, -0.05) is 53.5 Å². The molecule has 1 N–H and O–H groups in total. The van der Waals surface area contributed by atoms with Crippen molar-refractivity contribution < 1.29 is 14.2 Å². The number of methoxy groups -OCH3 is 1. The minimum Gasteiger partial charge on any atom is -0.497 e. The van der Waals surface area contributed by atoms with Crippen LogP contribution in [-0.4, -0.2) is 13.7 Å². The van der Waals surface area contributed by atoms with E-state index in [0.717, 1.165) is 23.4 Å². The van der Waals surface area contributed by atoms with E-state index in [-0.39, 0.29) is 0 Å². The molecule has 0 aliphatic heterocycles. The van der Waals surface area contributed by atoms with Gasteiger partial charge in [-0.15, -0.1) is 0 Å². The number of nitrogens with one attached hydrogen (secondary N) is 1. The topological polar surface area (TPSA) is 39.7 Å². The summed E-state index contributed by atoms with van der Waals surface area (Å²) in [6.07, 6.45) is 0. The van der Waals surface area contributed by atoms with Crippen LogP contribution in [-0.2, 0) is 19.7 Å². The molecule has 0 atom stereocenters. The lowest BCUT2D eigenvalue weighted by atomic mass is 10.1. The normalized spacial score (nSPS) is 10.7. The van der Waals surface area contributed by atoms with Gasteiger partial charge in [-0.2, -0.15) is 0 Å². The van der Waals surface area contributed by atoms with E-state index < -0.39 is 0 Å². The van der Waals surface area contributed by atoms with Gasteiger partial charge in [0.1, 0.15) is 12.4 Å². The zero-order valence-corrected chi connectivity index (χ0v) is 18.6. The third-order valence-electron chi connectivity index (χ3n) is 4.52. The van der Waals surface area contributed by atoms with Crippen LogP contribution in [0.25, 0.3) is 0 Å². The predicted molar refractivity (Wildman–Crippen MR) is 122 cm³/mol. The third kappa shape index (κ3) is 6.05. The Morgan fingerprint density at radius 1 is 0.833 bits per heavy atom. The molecule has 0 aromatic heterocycles. The van der Waals surface area contributed by atoms with Gasteiger partial charge in [0.05, 0.1) is 18.7 Å². The molecule has 0 saturated heterocycles. The Morgan fingerprint density at radius 3 is 2.27 bits per heavy atom. The van der Waals surface area contributed by atoms with E-state index in [9.17, 15) is 0 Å². The maximum absolute atomic E-state index is 6.53. The van der Waals surface area contributed by atoms with Crippen LogP contribution in [0.5, 0.6) is 17.2 Å². The average molecular weight is 446 g/mol. The first-order valence-electron chi connectivity index (χ1n) is 9.75. The van der Waals surface area contributed by atoms with E-state index in [0.29, 0.717) is 41.3 Å². The molecule has 0 heterocycles. The highest BCUT2D eigenvalue weighted by Gasteiger charge is 2.14. The minimum atomic E-state index is 0.314. The SMILES string of the molecule is CCOc1cc(CNCc2ccc(OC)cc2)cc(Cl)c1OCc1ccccc1Cl. The molecule has 30 heavy (non-hydrogen) atoms. The molecule has 158 valence electrons. The van der Waals surface area contributed by atoms with E-state index in [4.69, 9.17) is 37.4 Å². The number of hydrogen-bond acceptors (Lipinski definition) is 4. The van der Waals surface area contributed by atoms with Gasteiger partial charge in [0.15, 0.2) is 11.5 Å². The van der Waals surface area contributed by atoms with Gasteiger partial charge in [-0.05, 0) is 48.4 Å². The molecule has 3 aromatic rings. The molecule has 0 aliphatic carbocycles. The lowest BCUT2D eigenvalue weighted by molar-refractivity contribution is 0.269. The molecule has 3 aromatic carbocycles. The summed E-state index contributed by atoms with van der Waals surface area (Å²) < 4.78 is 16.9. The number of ether oxygens (including phenoxy) is 3. The van der Waals surface area contributed by atoms with Crippen molar-refractivity contribution in [3.05, 3.63) is 87.4 Å². The summed E-state index contributed by atoms with van der Waals surface area (Å²) in [7, 11) is 1.66. The van der Waals surface area contributed by atoms with Crippen LogP contribution in [0.2, 0.25) is 10.0 Å². The molecule has 0 aliphatic rings. The molecule has 0 unspecified atom stereocenters. The standard InChI is InChI=1S/C24H25Cl2NO3/c1-3-29-23-13-18(15-27-14-17-8-10-20(28-2)11-9-17)12-22(26)24(23)30-16-19-6-4-5-7-21(19)25/h4-13,27H,3,14-16H2,1-2H3. The average Bonchev–Trinajstić information content (AvgIpc) is 2.75. The summed E-state index contributed by atoms with van der Waals surface area (Å²) in [5.41, 5.74) is 3.08. The predicted octanol–water partition coefficient (Wildman–Crippen LogP) is 6.27. The molecule has 0 bridgehead atoms. The van der Waals surface area contributed by atoms with Crippen molar-refractivity contribution in [2.75, 3.05) is 13.7 Å². The smallest absolute Gasteiger partial charge is 0.180 e. The van der Waals surface area contributed by atoms with E-state index in [2.05, 4.69) is 5.32 Å². The summed E-state index contributed by atoms with van der Waals surface area (Å²) in [4.78, 5) is 0. The van der Waals surface area contributed by atoms with Gasteiger partial charge in [0, 0.05) is 23.7 Å². The highest BCUT2D eigenvalue weighted by atomic mass is 35.5. The second-order valence-electron chi connectivity index (χ2n) is 6.67. The first-order valence-corrected chi connectivity index (χ1v) is 10.5. The maximum Gasteiger partial charge on any atom is 0.180 e. The number of halogens is 2. The summed E-state index contributed by atoms with van der Waals surface area (Å²) in [5.74, 6) is 2.00. The highest BCUT2D eigenvalue weighted by Crippen LogP contribution is 2.37. The van der Waals surface area contributed by atoms with Crippen molar-refractivity contribution in [2.45, 2.75) is 26.6 Å². The van der Waals surface area contributed by atoms with Crippen LogP contribution >= 0.6 is 23.2 Å². The Morgan fingerprint density at radius 2 is 1.57 bits per heavy atom. The van der Waals surface area contributed by atoms with Gasteiger partial charge in [-0.25, -0.2) is 0 Å². The van der Waals surface area contributed by atoms with Gasteiger partial charge >= 0.3 is 0 Å². The molecule has 4 nitrogen and oxygen atoms in total. The van der Waals surface area contributed by atoms with Gasteiger partial charge in [0.25, 0.3) is 0 Å². The third-order valence-corrected chi connectivity index (χ3v) is 5.17. The summed E-state index contributed by atoms with van der Waals surface area (Å²) in [5, 5.41) is 4.59. The lowest BCUT2D eigenvalue weighted by Crippen LogP contribution is -2.13. The van der Waals surface area contributed by atoms with Crippen molar-refractivity contribution in [2.24, 2.45) is 0 Å². The number of hydrogen-bond donors (Lipinski definition) is 1. The van der Waals surface area contributed by atoms with Crippen LogP contribution in [0.3, 0.4) is 0 Å². The van der Waals surface area contributed by atoms with Gasteiger partial charge in [0.2, 0.25) is 0 Å². The van der Waals surface area contributed by atoms with Crippen molar-refractivity contribution in [3.63, 3.8) is 0 Å². The summed E-state index contributed by atoms with van der Waals surface area (Å²) >= 11 is 12.7.